The molecule has 0 atom stereocenters. The number of nitrogens with zero attached hydrogens (tertiary/aromatic N) is 4. The average Bonchev–Trinajstić information content (AvgIpc) is 3.28. The molecule has 0 saturated carbocycles. The number of amides is 1. The van der Waals surface area contributed by atoms with Gasteiger partial charge >= 0.3 is 0 Å². The number of H-pyrrole nitrogens is 1. The highest BCUT2D eigenvalue weighted by Gasteiger charge is 2.09. The van der Waals surface area contributed by atoms with Gasteiger partial charge < -0.3 is 5.32 Å². The minimum atomic E-state index is -0.135. The molecule has 3 aromatic carbocycles. The number of carbonyl (C=O) groups excluding carboxylic acids is 1. The molecule has 0 aliphatic carbocycles. The highest BCUT2D eigenvalue weighted by atomic mass is 32.2. The van der Waals surface area contributed by atoms with E-state index in [4.69, 9.17) is 0 Å². The topological polar surface area (TPSA) is 95.4 Å². The molecule has 1 amide bonds. The molecule has 0 aliphatic heterocycles. The van der Waals surface area contributed by atoms with Gasteiger partial charge in [0, 0.05) is 11.3 Å². The Kier molecular flexibility index (Phi) is 6.26. The maximum Gasteiger partial charge on any atom is 0.234 e. The molecule has 4 rings (SSSR count). The van der Waals surface area contributed by atoms with Crippen molar-refractivity contribution in [2.75, 3.05) is 11.1 Å². The first kappa shape index (κ1) is 19.5. The number of benzene rings is 3. The SMILES string of the molecule is O=C(CSc1n[nH]c(-c2ccccc2)n1)Nc1ccc(N=Nc2ccccc2)cc1. The molecule has 7 nitrogen and oxygen atoms in total. The molecule has 4 aromatic rings. The lowest BCUT2D eigenvalue weighted by atomic mass is 10.2. The number of nitrogens with one attached hydrogen (secondary N) is 2. The van der Waals surface area contributed by atoms with Crippen LogP contribution in [0.2, 0.25) is 0 Å². The fourth-order valence-corrected chi connectivity index (χ4v) is 3.18. The largest absolute Gasteiger partial charge is 0.325 e. The molecule has 2 N–H and O–H groups in total. The fourth-order valence-electron chi connectivity index (χ4n) is 2.58. The van der Waals surface area contributed by atoms with Gasteiger partial charge in [-0.25, -0.2) is 4.98 Å². The zero-order valence-corrected chi connectivity index (χ0v) is 16.7. The molecule has 0 saturated heterocycles. The van der Waals surface area contributed by atoms with E-state index in [0.717, 1.165) is 11.3 Å². The van der Waals surface area contributed by atoms with Crippen molar-refractivity contribution in [2.24, 2.45) is 10.2 Å². The van der Waals surface area contributed by atoms with Crippen LogP contribution in [0.1, 0.15) is 0 Å². The summed E-state index contributed by atoms with van der Waals surface area (Å²) in [6.07, 6.45) is 0. The molecule has 0 unspecified atom stereocenters. The smallest absolute Gasteiger partial charge is 0.234 e. The quantitative estimate of drug-likeness (QED) is 0.303. The van der Waals surface area contributed by atoms with Crippen LogP contribution in [0.4, 0.5) is 17.1 Å². The summed E-state index contributed by atoms with van der Waals surface area (Å²) in [5.41, 5.74) is 3.14. The van der Waals surface area contributed by atoms with Gasteiger partial charge in [-0.1, -0.05) is 60.3 Å². The van der Waals surface area contributed by atoms with Gasteiger partial charge in [-0.2, -0.15) is 10.2 Å². The van der Waals surface area contributed by atoms with Crippen molar-refractivity contribution < 1.29 is 4.79 Å². The number of hydrogen-bond donors (Lipinski definition) is 2. The van der Waals surface area contributed by atoms with E-state index in [-0.39, 0.29) is 11.7 Å². The van der Waals surface area contributed by atoms with E-state index in [1.165, 1.54) is 11.8 Å². The Balaban J connectivity index is 1.28. The minimum absolute atomic E-state index is 0.135. The maximum absolute atomic E-state index is 12.2. The Bertz CT molecular complexity index is 1130. The second kappa shape index (κ2) is 9.62. The normalized spacial score (nSPS) is 10.9. The Hall–Kier alpha value is -3.78. The van der Waals surface area contributed by atoms with E-state index in [1.807, 2.05) is 60.7 Å². The summed E-state index contributed by atoms with van der Waals surface area (Å²) >= 11 is 1.27. The number of thioether (sulfide) groups is 1. The van der Waals surface area contributed by atoms with Crippen molar-refractivity contribution in [3.63, 3.8) is 0 Å². The highest BCUT2D eigenvalue weighted by Crippen LogP contribution is 2.21. The van der Waals surface area contributed by atoms with Crippen LogP contribution < -0.4 is 5.32 Å². The number of aromatic nitrogens is 3. The van der Waals surface area contributed by atoms with Crippen LogP contribution in [0.5, 0.6) is 0 Å². The number of rotatable bonds is 7. The monoisotopic (exact) mass is 414 g/mol. The van der Waals surface area contributed by atoms with Gasteiger partial charge in [0.05, 0.1) is 17.1 Å². The van der Waals surface area contributed by atoms with Crippen molar-refractivity contribution in [3.8, 4) is 11.4 Å². The Morgan fingerprint density at radius 3 is 2.20 bits per heavy atom. The summed E-state index contributed by atoms with van der Waals surface area (Å²) in [6, 6.07) is 26.4. The van der Waals surface area contributed by atoms with Crippen molar-refractivity contribution in [1.29, 1.82) is 0 Å². The standard InChI is InChI=1S/C22H18N6OS/c29-20(15-30-22-24-21(27-28-22)16-7-3-1-4-8-16)23-17-11-13-19(14-12-17)26-25-18-9-5-2-6-10-18/h1-14H,15H2,(H,23,29)(H,24,27,28). The van der Waals surface area contributed by atoms with Gasteiger partial charge in [0.2, 0.25) is 11.1 Å². The van der Waals surface area contributed by atoms with E-state index < -0.39 is 0 Å². The molecule has 0 fully saturated rings. The molecule has 0 spiro atoms. The summed E-state index contributed by atoms with van der Waals surface area (Å²) in [5, 5.41) is 18.8. The van der Waals surface area contributed by atoms with Crippen molar-refractivity contribution in [1.82, 2.24) is 15.2 Å². The van der Waals surface area contributed by atoms with Gasteiger partial charge in [-0.05, 0) is 36.4 Å². The van der Waals surface area contributed by atoms with Crippen LogP contribution in [-0.4, -0.2) is 26.8 Å². The van der Waals surface area contributed by atoms with Gasteiger partial charge in [0.25, 0.3) is 0 Å². The van der Waals surface area contributed by atoms with Crippen LogP contribution in [-0.2, 0) is 4.79 Å². The number of carbonyl (C=O) groups is 1. The first-order valence-corrected chi connectivity index (χ1v) is 10.2. The number of aromatic amines is 1. The maximum atomic E-state index is 12.2. The summed E-state index contributed by atoms with van der Waals surface area (Å²) in [7, 11) is 0. The van der Waals surface area contributed by atoms with Crippen molar-refractivity contribution in [3.05, 3.63) is 84.9 Å². The predicted octanol–water partition coefficient (Wildman–Crippen LogP) is 5.62. The molecular weight excluding hydrogens is 396 g/mol. The van der Waals surface area contributed by atoms with E-state index in [0.29, 0.717) is 22.4 Å². The van der Waals surface area contributed by atoms with Crippen LogP contribution >= 0.6 is 11.8 Å². The van der Waals surface area contributed by atoms with Gasteiger partial charge in [0.15, 0.2) is 5.82 Å². The highest BCUT2D eigenvalue weighted by molar-refractivity contribution is 7.99. The Morgan fingerprint density at radius 2 is 1.50 bits per heavy atom. The third kappa shape index (κ3) is 5.39. The summed E-state index contributed by atoms with van der Waals surface area (Å²) in [6.45, 7) is 0. The predicted molar refractivity (Wildman–Crippen MR) is 118 cm³/mol. The van der Waals surface area contributed by atoms with E-state index >= 15 is 0 Å². The zero-order chi connectivity index (χ0) is 20.6. The lowest BCUT2D eigenvalue weighted by molar-refractivity contribution is -0.113. The lowest BCUT2D eigenvalue weighted by Crippen LogP contribution is -2.13. The fraction of sp³-hybridized carbons (Fsp3) is 0.0455. The van der Waals surface area contributed by atoms with Crippen molar-refractivity contribution in [2.45, 2.75) is 5.16 Å². The summed E-state index contributed by atoms with van der Waals surface area (Å²) in [5.74, 6) is 0.755. The number of azo groups is 1. The average molecular weight is 414 g/mol. The van der Waals surface area contributed by atoms with Gasteiger partial charge in [0.1, 0.15) is 0 Å². The molecule has 8 heteroatoms. The Labute approximate surface area is 177 Å². The van der Waals surface area contributed by atoms with Crippen LogP contribution in [0.3, 0.4) is 0 Å². The van der Waals surface area contributed by atoms with Crippen molar-refractivity contribution >= 4 is 34.7 Å². The van der Waals surface area contributed by atoms with E-state index in [9.17, 15) is 4.79 Å². The second-order valence-electron chi connectivity index (χ2n) is 6.25. The van der Waals surface area contributed by atoms with Crippen LogP contribution in [0.25, 0.3) is 11.4 Å². The third-order valence-electron chi connectivity index (χ3n) is 4.03. The molecule has 0 radical (unpaired) electrons. The lowest BCUT2D eigenvalue weighted by Gasteiger charge is -2.04. The summed E-state index contributed by atoms with van der Waals surface area (Å²) in [4.78, 5) is 16.6. The summed E-state index contributed by atoms with van der Waals surface area (Å²) < 4.78 is 0. The van der Waals surface area contributed by atoms with Gasteiger partial charge in [-0.3, -0.25) is 9.89 Å². The van der Waals surface area contributed by atoms with Crippen LogP contribution in [0.15, 0.2) is 100 Å². The minimum Gasteiger partial charge on any atom is -0.325 e. The first-order valence-electron chi connectivity index (χ1n) is 9.23. The van der Waals surface area contributed by atoms with E-state index in [1.54, 1.807) is 24.3 Å². The molecule has 0 bridgehead atoms. The Morgan fingerprint density at radius 1 is 0.867 bits per heavy atom. The molecule has 1 heterocycles. The number of hydrogen-bond acceptors (Lipinski definition) is 6. The molecular formula is C22H18N6OS. The second-order valence-corrected chi connectivity index (χ2v) is 7.19. The zero-order valence-electron chi connectivity index (χ0n) is 15.9. The van der Waals surface area contributed by atoms with Crippen LogP contribution in [0, 0.1) is 0 Å². The first-order chi connectivity index (χ1) is 14.8. The van der Waals surface area contributed by atoms with E-state index in [2.05, 4.69) is 30.7 Å². The molecule has 30 heavy (non-hydrogen) atoms. The molecule has 1 aromatic heterocycles. The number of anilines is 1. The third-order valence-corrected chi connectivity index (χ3v) is 4.88. The van der Waals surface area contributed by atoms with Gasteiger partial charge in [-0.15, -0.1) is 5.10 Å². The molecule has 148 valence electrons. The molecule has 0 aliphatic rings.